The van der Waals surface area contributed by atoms with Gasteiger partial charge in [0.25, 0.3) is 0 Å². The first kappa shape index (κ1) is 10.1. The SMILES string of the molecule is CC1(C)C(=O)NC1CCC12C=CC=CC1O2. The number of nitrogens with one attached hydrogen (secondary N) is 1. The van der Waals surface area contributed by atoms with E-state index < -0.39 is 0 Å². The zero-order valence-electron chi connectivity index (χ0n) is 9.69. The van der Waals surface area contributed by atoms with Gasteiger partial charge in [0.05, 0.1) is 5.41 Å². The number of β-lactam (4-membered cyclic amide) rings is 1. The summed E-state index contributed by atoms with van der Waals surface area (Å²) in [6.45, 7) is 4.02. The molecule has 3 aliphatic rings. The number of allylic oxidation sites excluding steroid dienone is 2. The highest BCUT2D eigenvalue weighted by atomic mass is 16.6. The molecular formula is C13H17NO2. The van der Waals surface area contributed by atoms with Gasteiger partial charge in [-0.2, -0.15) is 0 Å². The largest absolute Gasteiger partial charge is 0.357 e. The van der Waals surface area contributed by atoms with Gasteiger partial charge in [0.15, 0.2) is 0 Å². The Hall–Kier alpha value is -1.09. The maximum absolute atomic E-state index is 11.3. The summed E-state index contributed by atoms with van der Waals surface area (Å²) in [5.74, 6) is 0.169. The van der Waals surface area contributed by atoms with Gasteiger partial charge in [0.2, 0.25) is 5.91 Å². The molecule has 3 heteroatoms. The summed E-state index contributed by atoms with van der Waals surface area (Å²) in [6, 6.07) is 0.304. The molecule has 86 valence electrons. The van der Waals surface area contributed by atoms with Gasteiger partial charge in [0.1, 0.15) is 11.7 Å². The van der Waals surface area contributed by atoms with Crippen LogP contribution in [0, 0.1) is 5.41 Å². The van der Waals surface area contributed by atoms with Crippen molar-refractivity contribution in [3.05, 3.63) is 24.3 Å². The highest BCUT2D eigenvalue weighted by Gasteiger charge is 2.55. The molecule has 16 heavy (non-hydrogen) atoms. The molecule has 0 saturated carbocycles. The van der Waals surface area contributed by atoms with Crippen LogP contribution in [0.5, 0.6) is 0 Å². The Labute approximate surface area is 95.5 Å². The van der Waals surface area contributed by atoms with Gasteiger partial charge < -0.3 is 10.1 Å². The van der Waals surface area contributed by atoms with Crippen LogP contribution in [0.15, 0.2) is 24.3 Å². The first-order valence-electron chi connectivity index (χ1n) is 5.89. The van der Waals surface area contributed by atoms with E-state index in [0.717, 1.165) is 12.8 Å². The summed E-state index contributed by atoms with van der Waals surface area (Å²) in [4.78, 5) is 11.3. The predicted octanol–water partition coefficient (Wildman–Crippen LogP) is 1.55. The number of hydrogen-bond acceptors (Lipinski definition) is 2. The van der Waals surface area contributed by atoms with Gasteiger partial charge in [-0.05, 0) is 32.8 Å². The molecule has 1 amide bonds. The van der Waals surface area contributed by atoms with Crippen molar-refractivity contribution < 1.29 is 9.53 Å². The molecule has 2 saturated heterocycles. The summed E-state index contributed by atoms with van der Waals surface area (Å²) in [5, 5.41) is 2.97. The average Bonchev–Trinajstić information content (AvgIpc) is 2.98. The van der Waals surface area contributed by atoms with Crippen LogP contribution in [0.3, 0.4) is 0 Å². The number of carbonyl (C=O) groups is 1. The lowest BCUT2D eigenvalue weighted by Gasteiger charge is -2.44. The quantitative estimate of drug-likeness (QED) is 0.578. The second-order valence-corrected chi connectivity index (χ2v) is 5.52. The summed E-state index contributed by atoms with van der Waals surface area (Å²) in [6.07, 6.45) is 10.6. The molecule has 0 aromatic heterocycles. The van der Waals surface area contributed by atoms with Gasteiger partial charge in [0, 0.05) is 6.04 Å². The lowest BCUT2D eigenvalue weighted by atomic mass is 9.73. The third kappa shape index (κ3) is 1.27. The fourth-order valence-electron chi connectivity index (χ4n) is 2.61. The number of hydrogen-bond donors (Lipinski definition) is 1. The van der Waals surface area contributed by atoms with Crippen molar-refractivity contribution in [2.45, 2.75) is 44.4 Å². The minimum absolute atomic E-state index is 0.0504. The van der Waals surface area contributed by atoms with Crippen molar-refractivity contribution in [1.82, 2.24) is 5.32 Å². The van der Waals surface area contributed by atoms with E-state index in [1.807, 2.05) is 26.0 Å². The van der Waals surface area contributed by atoms with Gasteiger partial charge in [-0.25, -0.2) is 0 Å². The van der Waals surface area contributed by atoms with Crippen LogP contribution in [0.1, 0.15) is 26.7 Å². The maximum Gasteiger partial charge on any atom is 0.227 e. The minimum Gasteiger partial charge on any atom is -0.357 e. The molecule has 0 radical (unpaired) electrons. The maximum atomic E-state index is 11.3. The van der Waals surface area contributed by atoms with E-state index >= 15 is 0 Å². The average molecular weight is 219 g/mol. The Morgan fingerprint density at radius 1 is 1.44 bits per heavy atom. The van der Waals surface area contributed by atoms with Crippen LogP contribution in [-0.4, -0.2) is 23.7 Å². The van der Waals surface area contributed by atoms with Crippen LogP contribution < -0.4 is 5.32 Å². The minimum atomic E-state index is -0.199. The van der Waals surface area contributed by atoms with Crippen LogP contribution in [-0.2, 0) is 9.53 Å². The standard InChI is InChI=1S/C13H17NO2/c1-12(2)9(14-11(12)15)6-8-13-7-4-3-5-10(13)16-13/h3-5,7,9-10H,6,8H2,1-2H3,(H,14,15). The smallest absolute Gasteiger partial charge is 0.227 e. The fourth-order valence-corrected chi connectivity index (χ4v) is 2.61. The predicted molar refractivity (Wildman–Crippen MR) is 60.8 cm³/mol. The second-order valence-electron chi connectivity index (χ2n) is 5.52. The normalized spacial score (nSPS) is 42.2. The van der Waals surface area contributed by atoms with Crippen LogP contribution >= 0.6 is 0 Å². The molecule has 0 bridgehead atoms. The van der Waals surface area contributed by atoms with E-state index in [2.05, 4.69) is 17.5 Å². The van der Waals surface area contributed by atoms with Crippen molar-refractivity contribution in [3.8, 4) is 0 Å². The first-order chi connectivity index (χ1) is 7.55. The van der Waals surface area contributed by atoms with Crippen molar-refractivity contribution in [2.24, 2.45) is 5.41 Å². The zero-order chi connectivity index (χ0) is 11.4. The van der Waals surface area contributed by atoms with Crippen LogP contribution in [0.4, 0.5) is 0 Å². The molecule has 2 fully saturated rings. The topological polar surface area (TPSA) is 41.6 Å². The van der Waals surface area contributed by atoms with E-state index in [1.54, 1.807) is 0 Å². The molecule has 2 aliphatic heterocycles. The fraction of sp³-hybridized carbons (Fsp3) is 0.615. The highest BCUT2D eigenvalue weighted by Crippen LogP contribution is 2.46. The van der Waals surface area contributed by atoms with E-state index in [4.69, 9.17) is 4.74 Å². The Morgan fingerprint density at radius 2 is 2.25 bits per heavy atom. The van der Waals surface area contributed by atoms with Gasteiger partial charge in [-0.1, -0.05) is 18.2 Å². The lowest BCUT2D eigenvalue weighted by Crippen LogP contribution is -2.64. The van der Waals surface area contributed by atoms with E-state index in [9.17, 15) is 4.79 Å². The monoisotopic (exact) mass is 219 g/mol. The Bertz CT molecular complexity index is 397. The van der Waals surface area contributed by atoms with Crippen molar-refractivity contribution in [2.75, 3.05) is 0 Å². The molecule has 2 heterocycles. The third-order valence-electron chi connectivity index (χ3n) is 4.13. The Kier molecular flexibility index (Phi) is 1.88. The molecule has 1 aliphatic carbocycles. The summed E-state index contributed by atoms with van der Waals surface area (Å²) >= 11 is 0. The molecule has 3 atom stereocenters. The number of rotatable bonds is 3. The molecule has 0 spiro atoms. The van der Waals surface area contributed by atoms with Crippen LogP contribution in [0.25, 0.3) is 0 Å². The van der Waals surface area contributed by atoms with Crippen molar-refractivity contribution in [3.63, 3.8) is 0 Å². The lowest BCUT2D eigenvalue weighted by molar-refractivity contribution is -0.143. The number of amides is 1. The molecule has 3 nitrogen and oxygen atoms in total. The number of ether oxygens (including phenoxy) is 1. The molecular weight excluding hydrogens is 202 g/mol. The van der Waals surface area contributed by atoms with E-state index in [1.165, 1.54) is 0 Å². The highest BCUT2D eigenvalue weighted by molar-refractivity contribution is 5.89. The molecule has 3 rings (SSSR count). The first-order valence-corrected chi connectivity index (χ1v) is 5.89. The van der Waals surface area contributed by atoms with Gasteiger partial charge in [-0.15, -0.1) is 0 Å². The summed E-state index contributed by atoms with van der Waals surface area (Å²) < 4.78 is 5.69. The van der Waals surface area contributed by atoms with E-state index in [0.29, 0.717) is 6.04 Å². The second kappa shape index (κ2) is 2.98. The Morgan fingerprint density at radius 3 is 2.88 bits per heavy atom. The molecule has 3 unspecified atom stereocenters. The van der Waals surface area contributed by atoms with Crippen molar-refractivity contribution in [1.29, 1.82) is 0 Å². The zero-order valence-corrected chi connectivity index (χ0v) is 9.69. The summed E-state index contributed by atoms with van der Waals surface area (Å²) in [5.41, 5.74) is -0.250. The summed E-state index contributed by atoms with van der Waals surface area (Å²) in [7, 11) is 0. The van der Waals surface area contributed by atoms with Crippen LogP contribution in [0.2, 0.25) is 0 Å². The third-order valence-corrected chi connectivity index (χ3v) is 4.13. The number of fused-ring (bicyclic) bond motifs is 1. The van der Waals surface area contributed by atoms with E-state index in [-0.39, 0.29) is 23.0 Å². The van der Waals surface area contributed by atoms with Gasteiger partial charge in [-0.3, -0.25) is 4.79 Å². The molecule has 0 aromatic carbocycles. The Balaban J connectivity index is 1.57. The number of epoxide rings is 1. The molecule has 1 N–H and O–H groups in total. The molecule has 0 aromatic rings. The van der Waals surface area contributed by atoms with Gasteiger partial charge >= 0.3 is 0 Å². The van der Waals surface area contributed by atoms with Crippen molar-refractivity contribution >= 4 is 5.91 Å². The number of carbonyl (C=O) groups excluding carboxylic acids is 1.